The van der Waals surface area contributed by atoms with Crippen LogP contribution in [0.2, 0.25) is 0 Å². The lowest BCUT2D eigenvalue weighted by atomic mass is 10.0. The van der Waals surface area contributed by atoms with Gasteiger partial charge in [0, 0.05) is 11.2 Å². The van der Waals surface area contributed by atoms with E-state index in [1.54, 1.807) is 12.1 Å². The number of halogens is 1. The highest BCUT2D eigenvalue weighted by atomic mass is 79.9. The van der Waals surface area contributed by atoms with Crippen LogP contribution in [0.5, 0.6) is 0 Å². The second-order valence-electron chi connectivity index (χ2n) is 5.29. The number of benzene rings is 2. The van der Waals surface area contributed by atoms with Crippen molar-refractivity contribution in [3.05, 3.63) is 65.2 Å². The summed E-state index contributed by atoms with van der Waals surface area (Å²) in [6.07, 6.45) is 0. The van der Waals surface area contributed by atoms with Crippen LogP contribution in [0.4, 0.5) is 0 Å². The van der Waals surface area contributed by atoms with E-state index < -0.39 is 9.84 Å². The molecule has 2 nitrogen and oxygen atoms in total. The van der Waals surface area contributed by atoms with Gasteiger partial charge in [-0.3, -0.25) is 0 Å². The van der Waals surface area contributed by atoms with E-state index in [-0.39, 0.29) is 11.7 Å². The van der Waals surface area contributed by atoms with Gasteiger partial charge in [-0.05, 0) is 42.7 Å². The van der Waals surface area contributed by atoms with Crippen LogP contribution in [0.3, 0.4) is 0 Å². The fourth-order valence-electron chi connectivity index (χ4n) is 2.22. The maximum atomic E-state index is 12.6. The molecular weight excluding hydrogens is 348 g/mol. The molecule has 1 atom stereocenters. The van der Waals surface area contributed by atoms with Crippen molar-refractivity contribution in [1.82, 2.24) is 0 Å². The number of sulfone groups is 1. The molecule has 0 radical (unpaired) electrons. The van der Waals surface area contributed by atoms with Crippen molar-refractivity contribution in [2.24, 2.45) is 0 Å². The fourth-order valence-corrected chi connectivity index (χ4v) is 4.79. The van der Waals surface area contributed by atoms with E-state index in [2.05, 4.69) is 15.9 Å². The first-order valence-corrected chi connectivity index (χ1v) is 9.62. The van der Waals surface area contributed by atoms with Gasteiger partial charge in [-0.1, -0.05) is 52.3 Å². The predicted octanol–water partition coefficient (Wildman–Crippen LogP) is 4.26. The molecule has 2 aromatic rings. The molecule has 0 heterocycles. The topological polar surface area (TPSA) is 34.1 Å². The Labute approximate surface area is 135 Å². The van der Waals surface area contributed by atoms with Crippen molar-refractivity contribution in [2.45, 2.75) is 24.7 Å². The molecule has 2 aromatic carbocycles. The first-order valence-electron chi connectivity index (χ1n) is 6.85. The molecule has 0 bridgehead atoms. The number of aryl methyl sites for hydroxylation is 2. The predicted molar refractivity (Wildman–Crippen MR) is 90.9 cm³/mol. The summed E-state index contributed by atoms with van der Waals surface area (Å²) in [5.74, 6) is 0.0721. The van der Waals surface area contributed by atoms with Gasteiger partial charge in [0.1, 0.15) is 0 Å². The SMILES string of the molecule is Cc1ccc(S(=O)(=O)CC(CBr)c2ccccc2)cc1C. The van der Waals surface area contributed by atoms with Crippen LogP contribution in [0.15, 0.2) is 53.4 Å². The number of hydrogen-bond acceptors (Lipinski definition) is 2. The van der Waals surface area contributed by atoms with E-state index in [0.717, 1.165) is 16.7 Å². The summed E-state index contributed by atoms with van der Waals surface area (Å²) < 4.78 is 25.2. The van der Waals surface area contributed by atoms with Crippen molar-refractivity contribution in [3.8, 4) is 0 Å². The van der Waals surface area contributed by atoms with Crippen molar-refractivity contribution >= 4 is 25.8 Å². The Hall–Kier alpha value is -1.13. The summed E-state index contributed by atoms with van der Waals surface area (Å²) in [6, 6.07) is 15.1. The summed E-state index contributed by atoms with van der Waals surface area (Å²) in [7, 11) is -3.29. The van der Waals surface area contributed by atoms with Gasteiger partial charge in [0.2, 0.25) is 0 Å². The molecule has 0 saturated carbocycles. The first-order chi connectivity index (χ1) is 9.94. The second-order valence-corrected chi connectivity index (χ2v) is 7.97. The Morgan fingerprint density at radius 1 is 1.00 bits per heavy atom. The number of alkyl halides is 1. The van der Waals surface area contributed by atoms with Crippen LogP contribution in [0.25, 0.3) is 0 Å². The van der Waals surface area contributed by atoms with Gasteiger partial charge in [0.15, 0.2) is 9.84 Å². The minimum absolute atomic E-state index is 0.0437. The smallest absolute Gasteiger partial charge is 0.179 e. The monoisotopic (exact) mass is 366 g/mol. The minimum Gasteiger partial charge on any atom is -0.224 e. The molecule has 0 aliphatic rings. The molecular formula is C17H19BrO2S. The minimum atomic E-state index is -3.29. The second kappa shape index (κ2) is 6.75. The Kier molecular flexibility index (Phi) is 5.22. The average Bonchev–Trinajstić information content (AvgIpc) is 2.48. The lowest BCUT2D eigenvalue weighted by Gasteiger charge is -2.15. The van der Waals surface area contributed by atoms with Gasteiger partial charge >= 0.3 is 0 Å². The van der Waals surface area contributed by atoms with Crippen molar-refractivity contribution in [1.29, 1.82) is 0 Å². The molecule has 112 valence electrons. The lowest BCUT2D eigenvalue weighted by molar-refractivity contribution is 0.591. The van der Waals surface area contributed by atoms with Crippen LogP contribution in [-0.4, -0.2) is 19.5 Å². The molecule has 2 rings (SSSR count). The van der Waals surface area contributed by atoms with Crippen LogP contribution >= 0.6 is 15.9 Å². The quantitative estimate of drug-likeness (QED) is 0.741. The van der Waals surface area contributed by atoms with Crippen molar-refractivity contribution < 1.29 is 8.42 Å². The van der Waals surface area contributed by atoms with E-state index in [1.807, 2.05) is 50.2 Å². The lowest BCUT2D eigenvalue weighted by Crippen LogP contribution is -2.16. The third-order valence-corrected chi connectivity index (χ3v) is 6.31. The van der Waals surface area contributed by atoms with Gasteiger partial charge in [-0.25, -0.2) is 8.42 Å². The highest BCUT2D eigenvalue weighted by molar-refractivity contribution is 9.09. The zero-order chi connectivity index (χ0) is 15.5. The molecule has 4 heteroatoms. The van der Waals surface area contributed by atoms with Crippen LogP contribution < -0.4 is 0 Å². The van der Waals surface area contributed by atoms with Gasteiger partial charge in [-0.15, -0.1) is 0 Å². The van der Waals surface area contributed by atoms with Crippen LogP contribution in [0.1, 0.15) is 22.6 Å². The summed E-state index contributed by atoms with van der Waals surface area (Å²) >= 11 is 3.44. The molecule has 0 spiro atoms. The van der Waals surface area contributed by atoms with Crippen LogP contribution in [0, 0.1) is 13.8 Å². The van der Waals surface area contributed by atoms with Crippen molar-refractivity contribution in [3.63, 3.8) is 0 Å². The molecule has 0 N–H and O–H groups in total. The average molecular weight is 367 g/mol. The Balaban J connectivity index is 2.29. The highest BCUT2D eigenvalue weighted by Crippen LogP contribution is 2.24. The molecule has 0 aliphatic heterocycles. The third-order valence-electron chi connectivity index (χ3n) is 3.72. The van der Waals surface area contributed by atoms with Gasteiger partial charge in [0.25, 0.3) is 0 Å². The Morgan fingerprint density at radius 3 is 2.24 bits per heavy atom. The molecule has 0 aliphatic carbocycles. The van der Waals surface area contributed by atoms with E-state index in [9.17, 15) is 8.42 Å². The van der Waals surface area contributed by atoms with Gasteiger partial charge < -0.3 is 0 Å². The number of rotatable bonds is 5. The molecule has 21 heavy (non-hydrogen) atoms. The molecule has 0 amide bonds. The Bertz CT molecular complexity index is 709. The summed E-state index contributed by atoms with van der Waals surface area (Å²) in [4.78, 5) is 0.410. The van der Waals surface area contributed by atoms with Crippen LogP contribution in [-0.2, 0) is 9.84 Å². The normalized spacial score (nSPS) is 13.1. The highest BCUT2D eigenvalue weighted by Gasteiger charge is 2.22. The Morgan fingerprint density at radius 2 is 1.67 bits per heavy atom. The maximum Gasteiger partial charge on any atom is 0.179 e. The molecule has 0 fully saturated rings. The summed E-state index contributed by atoms with van der Waals surface area (Å²) in [5, 5.41) is 0.626. The summed E-state index contributed by atoms with van der Waals surface area (Å²) in [6.45, 7) is 3.92. The first kappa shape index (κ1) is 16.2. The molecule has 0 saturated heterocycles. The standard InChI is InChI=1S/C17H19BrO2S/c1-13-8-9-17(10-14(13)2)21(19,20)12-16(11-18)15-6-4-3-5-7-15/h3-10,16H,11-12H2,1-2H3. The van der Waals surface area contributed by atoms with Crippen molar-refractivity contribution in [2.75, 3.05) is 11.1 Å². The number of hydrogen-bond donors (Lipinski definition) is 0. The van der Waals surface area contributed by atoms with Gasteiger partial charge in [0.05, 0.1) is 10.6 Å². The molecule has 1 unspecified atom stereocenters. The largest absolute Gasteiger partial charge is 0.224 e. The third kappa shape index (κ3) is 3.95. The zero-order valence-corrected chi connectivity index (χ0v) is 14.6. The van der Waals surface area contributed by atoms with E-state index in [1.165, 1.54) is 0 Å². The maximum absolute atomic E-state index is 12.6. The summed E-state index contributed by atoms with van der Waals surface area (Å²) in [5.41, 5.74) is 3.15. The molecule has 0 aromatic heterocycles. The van der Waals surface area contributed by atoms with E-state index in [0.29, 0.717) is 10.2 Å². The fraction of sp³-hybridized carbons (Fsp3) is 0.294. The zero-order valence-electron chi connectivity index (χ0n) is 12.2. The van der Waals surface area contributed by atoms with E-state index >= 15 is 0 Å². The van der Waals surface area contributed by atoms with Gasteiger partial charge in [-0.2, -0.15) is 0 Å². The van der Waals surface area contributed by atoms with E-state index in [4.69, 9.17) is 0 Å².